The second-order valence-corrected chi connectivity index (χ2v) is 15.8. The van der Waals surface area contributed by atoms with Crippen LogP contribution >= 0.6 is 35.1 Å². The molecule has 1 fully saturated rings. The van der Waals surface area contributed by atoms with E-state index in [-0.39, 0.29) is 18.6 Å². The Hall–Kier alpha value is -3.94. The molecular formula is C40H44ClN5O5S2. The van der Waals surface area contributed by atoms with Gasteiger partial charge >= 0.3 is 5.97 Å². The van der Waals surface area contributed by atoms with Gasteiger partial charge in [0.25, 0.3) is 0 Å². The molecule has 13 heteroatoms. The molecule has 3 aromatic heterocycles. The predicted octanol–water partition coefficient (Wildman–Crippen LogP) is 8.96. The number of thioether (sulfide) groups is 2. The summed E-state index contributed by atoms with van der Waals surface area (Å²) in [4.78, 5) is 14.2. The summed E-state index contributed by atoms with van der Waals surface area (Å²) in [6.45, 7) is 5.15. The van der Waals surface area contributed by atoms with Crippen LogP contribution in [-0.4, -0.2) is 60.6 Å². The zero-order valence-electron chi connectivity index (χ0n) is 30.4. The van der Waals surface area contributed by atoms with E-state index < -0.39 is 5.97 Å². The summed E-state index contributed by atoms with van der Waals surface area (Å²) in [5, 5.41) is 33.6. The minimum absolute atomic E-state index is 0.0000252. The third kappa shape index (κ3) is 7.44. The summed E-state index contributed by atoms with van der Waals surface area (Å²) in [7, 11) is 3.35. The van der Waals surface area contributed by atoms with Crippen molar-refractivity contribution in [3.8, 4) is 16.9 Å². The molecule has 2 N–H and O–H groups in total. The number of aromatic hydroxyl groups is 1. The van der Waals surface area contributed by atoms with E-state index in [4.69, 9.17) is 31.3 Å². The van der Waals surface area contributed by atoms with Crippen molar-refractivity contribution in [3.63, 3.8) is 0 Å². The van der Waals surface area contributed by atoms with Crippen molar-refractivity contribution in [1.82, 2.24) is 24.1 Å². The molecule has 4 heterocycles. The number of carbonyl (C=O) groups excluding carboxylic acids is 1. The SMILES string of the molecule is COC(=O)c1c(C)c2c(-c3c(CSCc4cc(CSc5cc(O)c6ccccc6c5)n(C)n4)nn(C4CCCCO4)c3C)c(Cl)ccc2n1CCCO. The molecule has 0 radical (unpaired) electrons. The van der Waals surface area contributed by atoms with Crippen LogP contribution in [0.1, 0.15) is 70.7 Å². The Kier molecular flexibility index (Phi) is 11.4. The molecule has 10 nitrogen and oxygen atoms in total. The third-order valence-corrected chi connectivity index (χ3v) is 12.3. The van der Waals surface area contributed by atoms with Gasteiger partial charge < -0.3 is 24.3 Å². The highest BCUT2D eigenvalue weighted by atomic mass is 35.5. The van der Waals surface area contributed by atoms with E-state index in [1.165, 1.54) is 7.11 Å². The van der Waals surface area contributed by atoms with Gasteiger partial charge in [-0.25, -0.2) is 9.48 Å². The predicted molar refractivity (Wildman–Crippen MR) is 213 cm³/mol. The van der Waals surface area contributed by atoms with Crippen LogP contribution in [-0.2, 0) is 40.3 Å². The number of hydrogen-bond acceptors (Lipinski definition) is 9. The van der Waals surface area contributed by atoms with Gasteiger partial charge in [-0.3, -0.25) is 4.68 Å². The Morgan fingerprint density at radius 2 is 1.89 bits per heavy atom. The van der Waals surface area contributed by atoms with E-state index in [9.17, 15) is 15.0 Å². The first-order valence-corrected chi connectivity index (χ1v) is 20.4. The van der Waals surface area contributed by atoms with Gasteiger partial charge in [-0.05, 0) is 80.8 Å². The lowest BCUT2D eigenvalue weighted by atomic mass is 9.97. The largest absolute Gasteiger partial charge is 0.507 e. The Balaban J connectivity index is 1.18. The summed E-state index contributed by atoms with van der Waals surface area (Å²) in [6, 6.07) is 17.8. The maximum Gasteiger partial charge on any atom is 0.354 e. The molecule has 0 bridgehead atoms. The Bertz CT molecular complexity index is 2290. The van der Waals surface area contributed by atoms with Crippen LogP contribution in [0, 0.1) is 13.8 Å². The minimum atomic E-state index is -0.430. The highest BCUT2D eigenvalue weighted by Crippen LogP contribution is 2.44. The summed E-state index contributed by atoms with van der Waals surface area (Å²) in [5.41, 5.74) is 7.78. The number of esters is 1. The number of rotatable bonds is 13. The number of halogens is 1. The van der Waals surface area contributed by atoms with Crippen molar-refractivity contribution in [2.24, 2.45) is 7.05 Å². The average Bonchev–Trinajstić information content (AvgIpc) is 3.79. The fourth-order valence-electron chi connectivity index (χ4n) is 7.41. The summed E-state index contributed by atoms with van der Waals surface area (Å²) in [6.07, 6.45) is 3.30. The lowest BCUT2D eigenvalue weighted by Crippen LogP contribution is -2.20. The summed E-state index contributed by atoms with van der Waals surface area (Å²) < 4.78 is 17.3. The number of aromatic nitrogens is 5. The van der Waals surface area contributed by atoms with Gasteiger partial charge in [0.15, 0.2) is 0 Å². The van der Waals surface area contributed by atoms with E-state index >= 15 is 0 Å². The van der Waals surface area contributed by atoms with Crippen LogP contribution < -0.4 is 0 Å². The molecule has 3 aromatic carbocycles. The number of aliphatic hydroxyl groups excluding tert-OH is 1. The first-order valence-electron chi connectivity index (χ1n) is 17.8. The van der Waals surface area contributed by atoms with E-state index in [1.807, 2.05) is 70.4 Å². The standard InChI is InChI=1S/C40H44ClN5O5S2/c1-24-36-33(45(15-9-16-47)39(24)40(49)50-4)14-13-31(41)38(36)37-25(2)46(35-12-7-8-17-51-35)43-32(37)23-52-21-27-19-28(44(3)42-27)22-53-29-18-26-10-5-6-11-30(26)34(48)20-29/h5-6,10-11,13-14,18-20,35,47-48H,7-9,12,15-17,21-23H2,1-4H3. The van der Waals surface area contributed by atoms with E-state index in [0.717, 1.165) is 85.3 Å². The van der Waals surface area contributed by atoms with Gasteiger partial charge in [0, 0.05) is 92.8 Å². The number of hydrogen-bond donors (Lipinski definition) is 2. The molecule has 1 aliphatic rings. The molecule has 7 rings (SSSR count). The summed E-state index contributed by atoms with van der Waals surface area (Å²) in [5.74, 6) is 1.86. The van der Waals surface area contributed by atoms with Crippen molar-refractivity contribution in [2.45, 2.75) is 74.5 Å². The van der Waals surface area contributed by atoms with Gasteiger partial charge in [-0.15, -0.1) is 23.5 Å². The zero-order chi connectivity index (χ0) is 37.2. The van der Waals surface area contributed by atoms with Crippen LogP contribution in [0.5, 0.6) is 5.75 Å². The molecule has 0 saturated carbocycles. The Morgan fingerprint density at radius 1 is 1.06 bits per heavy atom. The number of carbonyl (C=O) groups is 1. The van der Waals surface area contributed by atoms with Gasteiger partial charge in [0.05, 0.1) is 18.5 Å². The Morgan fingerprint density at radius 3 is 2.66 bits per heavy atom. The first kappa shape index (κ1) is 37.4. The average molecular weight is 774 g/mol. The van der Waals surface area contributed by atoms with E-state index in [2.05, 4.69) is 19.1 Å². The maximum absolute atomic E-state index is 13.1. The summed E-state index contributed by atoms with van der Waals surface area (Å²) >= 11 is 10.5. The monoisotopic (exact) mass is 773 g/mol. The molecule has 0 aliphatic carbocycles. The molecule has 278 valence electrons. The van der Waals surface area contributed by atoms with E-state index in [1.54, 1.807) is 23.5 Å². The molecule has 1 atom stereocenters. The highest BCUT2D eigenvalue weighted by molar-refractivity contribution is 7.98. The lowest BCUT2D eigenvalue weighted by molar-refractivity contribution is -0.0407. The third-order valence-electron chi connectivity index (χ3n) is 9.96. The maximum atomic E-state index is 13.1. The number of benzene rings is 3. The van der Waals surface area contributed by atoms with E-state index in [0.29, 0.717) is 47.5 Å². The molecule has 0 amide bonds. The number of nitrogens with zero attached hydrogens (tertiary/aromatic N) is 5. The number of ether oxygens (including phenoxy) is 2. The van der Waals surface area contributed by atoms with Crippen LogP contribution in [0.25, 0.3) is 32.8 Å². The van der Waals surface area contributed by atoms with Crippen molar-refractivity contribution >= 4 is 62.8 Å². The molecule has 1 saturated heterocycles. The van der Waals surface area contributed by atoms with Crippen molar-refractivity contribution in [2.75, 3.05) is 20.3 Å². The first-order chi connectivity index (χ1) is 25.7. The zero-order valence-corrected chi connectivity index (χ0v) is 32.8. The fourth-order valence-corrected chi connectivity index (χ4v) is 9.50. The van der Waals surface area contributed by atoms with Gasteiger partial charge in [0.1, 0.15) is 17.7 Å². The normalized spacial score (nSPS) is 14.8. The number of phenols is 1. The van der Waals surface area contributed by atoms with Crippen LogP contribution in [0.3, 0.4) is 0 Å². The van der Waals surface area contributed by atoms with Crippen LogP contribution in [0.2, 0.25) is 5.02 Å². The van der Waals surface area contributed by atoms with Crippen LogP contribution in [0.4, 0.5) is 0 Å². The minimum Gasteiger partial charge on any atom is -0.507 e. The quantitative estimate of drug-likeness (QED) is 0.0877. The second-order valence-electron chi connectivity index (χ2n) is 13.4. The van der Waals surface area contributed by atoms with Crippen LogP contribution in [0.15, 0.2) is 59.5 Å². The van der Waals surface area contributed by atoms with Gasteiger partial charge in [-0.1, -0.05) is 35.9 Å². The molecule has 0 spiro atoms. The number of aliphatic hydroxyl groups is 1. The Labute approximate surface area is 322 Å². The molecular weight excluding hydrogens is 730 g/mol. The molecule has 6 aromatic rings. The number of fused-ring (bicyclic) bond motifs is 2. The van der Waals surface area contributed by atoms with Crippen molar-refractivity contribution in [1.29, 1.82) is 0 Å². The molecule has 1 unspecified atom stereocenters. The number of methoxy groups -OCH3 is 1. The highest BCUT2D eigenvalue weighted by Gasteiger charge is 2.29. The van der Waals surface area contributed by atoms with Crippen molar-refractivity contribution < 1.29 is 24.5 Å². The lowest BCUT2D eigenvalue weighted by Gasteiger charge is -2.24. The second kappa shape index (κ2) is 16.2. The smallest absolute Gasteiger partial charge is 0.354 e. The number of aryl methyl sites for hydroxylation is 3. The topological polar surface area (TPSA) is 117 Å². The van der Waals surface area contributed by atoms with Gasteiger partial charge in [-0.2, -0.15) is 10.2 Å². The number of phenolic OH excluding ortho intramolecular Hbond substituents is 1. The molecule has 53 heavy (non-hydrogen) atoms. The van der Waals surface area contributed by atoms with Crippen molar-refractivity contribution in [3.05, 3.63) is 93.7 Å². The fraction of sp³-hybridized carbons (Fsp3) is 0.375. The molecule has 1 aliphatic heterocycles. The van der Waals surface area contributed by atoms with Gasteiger partial charge in [0.2, 0.25) is 0 Å².